The van der Waals surface area contributed by atoms with Crippen molar-refractivity contribution >= 4 is 22.5 Å². The molecule has 2 aromatic carbocycles. The van der Waals surface area contributed by atoms with Crippen LogP contribution >= 0.6 is 0 Å². The van der Waals surface area contributed by atoms with Crippen LogP contribution in [0.15, 0.2) is 60.9 Å². The first-order valence-corrected chi connectivity index (χ1v) is 10.7. The summed E-state index contributed by atoms with van der Waals surface area (Å²) in [5, 5.41) is 19.6. The molecule has 2 heterocycles. The summed E-state index contributed by atoms with van der Waals surface area (Å²) >= 11 is 0. The van der Waals surface area contributed by atoms with Crippen LogP contribution in [0.1, 0.15) is 54.8 Å². The Morgan fingerprint density at radius 1 is 1.03 bits per heavy atom. The Morgan fingerprint density at radius 3 is 2.61 bits per heavy atom. The minimum absolute atomic E-state index is 0.284. The number of nitrogens with zero attached hydrogens (tertiary/aromatic N) is 4. The fourth-order valence-electron chi connectivity index (χ4n) is 4.45. The zero-order valence-corrected chi connectivity index (χ0v) is 17.3. The smallest absolute Gasteiger partial charge is 0.170 e. The molecule has 1 unspecified atom stereocenters. The molecule has 1 aliphatic rings. The number of hydrogen-bond donors (Lipinski definition) is 3. The van der Waals surface area contributed by atoms with E-state index in [9.17, 15) is 5.11 Å². The Kier molecular flexibility index (Phi) is 5.26. The van der Waals surface area contributed by atoms with Crippen molar-refractivity contribution in [3.8, 4) is 0 Å². The Hall–Kier alpha value is -3.45. The fraction of sp³-hybridized carbons (Fsp3) is 0.292. The minimum Gasteiger partial charge on any atom is -0.383 e. The van der Waals surface area contributed by atoms with E-state index in [2.05, 4.69) is 33.5 Å². The normalized spacial score (nSPS) is 15.4. The van der Waals surface area contributed by atoms with Crippen LogP contribution in [0.25, 0.3) is 11.0 Å². The van der Waals surface area contributed by atoms with Crippen LogP contribution in [0, 0.1) is 0 Å². The second-order valence-electron chi connectivity index (χ2n) is 8.14. The van der Waals surface area contributed by atoms with Gasteiger partial charge in [0.05, 0.1) is 11.4 Å². The molecular formula is C24H26N6O. The number of rotatable bonds is 6. The largest absolute Gasteiger partial charge is 0.383 e. The van der Waals surface area contributed by atoms with E-state index in [0.29, 0.717) is 22.5 Å². The first-order valence-electron chi connectivity index (χ1n) is 10.7. The lowest BCUT2D eigenvalue weighted by molar-refractivity contribution is 0.202. The van der Waals surface area contributed by atoms with Gasteiger partial charge in [-0.3, -0.25) is 0 Å². The van der Waals surface area contributed by atoms with Gasteiger partial charge in [0.2, 0.25) is 0 Å². The van der Waals surface area contributed by atoms with E-state index in [1.54, 1.807) is 0 Å². The highest BCUT2D eigenvalue weighted by molar-refractivity contribution is 5.88. The number of hydrogen-bond acceptors (Lipinski definition) is 6. The predicted octanol–water partition coefficient (Wildman–Crippen LogP) is 4.22. The molecule has 0 bridgehead atoms. The molecule has 1 aliphatic carbocycles. The number of aliphatic hydroxyl groups is 1. The van der Waals surface area contributed by atoms with Gasteiger partial charge in [0.1, 0.15) is 17.8 Å². The highest BCUT2D eigenvalue weighted by Gasteiger charge is 2.26. The van der Waals surface area contributed by atoms with Crippen molar-refractivity contribution in [1.29, 1.82) is 0 Å². The van der Waals surface area contributed by atoms with Gasteiger partial charge >= 0.3 is 0 Å². The van der Waals surface area contributed by atoms with Gasteiger partial charge in [-0.2, -0.15) is 5.10 Å². The number of anilines is 2. The maximum Gasteiger partial charge on any atom is 0.170 e. The summed E-state index contributed by atoms with van der Waals surface area (Å²) < 4.78 is 1.92. The molecule has 0 saturated heterocycles. The summed E-state index contributed by atoms with van der Waals surface area (Å²) in [5.41, 5.74) is 10.5. The van der Waals surface area contributed by atoms with E-state index >= 15 is 0 Å². The first-order chi connectivity index (χ1) is 15.2. The second kappa shape index (κ2) is 8.35. The van der Waals surface area contributed by atoms with Gasteiger partial charge in [-0.05, 0) is 42.5 Å². The zero-order chi connectivity index (χ0) is 21.2. The third kappa shape index (κ3) is 3.96. The average molecular weight is 415 g/mol. The van der Waals surface area contributed by atoms with Crippen molar-refractivity contribution in [2.45, 2.75) is 44.4 Å². The molecule has 7 nitrogen and oxygen atoms in total. The maximum absolute atomic E-state index is 11.0. The molecular weight excluding hydrogens is 388 g/mol. The maximum atomic E-state index is 11.0. The highest BCUT2D eigenvalue weighted by Crippen LogP contribution is 2.35. The predicted molar refractivity (Wildman–Crippen MR) is 122 cm³/mol. The molecule has 31 heavy (non-hydrogen) atoms. The van der Waals surface area contributed by atoms with Crippen molar-refractivity contribution in [2.75, 3.05) is 11.1 Å². The van der Waals surface area contributed by atoms with E-state index in [4.69, 9.17) is 10.8 Å². The summed E-state index contributed by atoms with van der Waals surface area (Å²) in [5.74, 6) is 0.336. The van der Waals surface area contributed by atoms with Crippen LogP contribution in [0.2, 0.25) is 0 Å². The second-order valence-corrected chi connectivity index (χ2v) is 8.14. The number of aliphatic hydroxyl groups excluding tert-OH is 1. The monoisotopic (exact) mass is 414 g/mol. The van der Waals surface area contributed by atoms with Gasteiger partial charge in [-0.25, -0.2) is 14.6 Å². The van der Waals surface area contributed by atoms with Gasteiger partial charge in [-0.1, -0.05) is 55.3 Å². The summed E-state index contributed by atoms with van der Waals surface area (Å²) in [4.78, 5) is 8.56. The average Bonchev–Trinajstić information content (AvgIpc) is 3.43. The van der Waals surface area contributed by atoms with Crippen molar-refractivity contribution in [1.82, 2.24) is 19.7 Å². The van der Waals surface area contributed by atoms with Crippen LogP contribution in [0.5, 0.6) is 0 Å². The van der Waals surface area contributed by atoms with Crippen molar-refractivity contribution in [3.05, 3.63) is 77.7 Å². The van der Waals surface area contributed by atoms with Gasteiger partial charge in [0.15, 0.2) is 11.9 Å². The molecule has 158 valence electrons. The Morgan fingerprint density at radius 2 is 1.81 bits per heavy atom. The molecule has 1 atom stereocenters. The lowest BCUT2D eigenvalue weighted by Gasteiger charge is -2.14. The number of fused-ring (bicyclic) bond motifs is 1. The minimum atomic E-state index is -1.02. The molecule has 0 amide bonds. The number of nitrogen functional groups attached to an aromatic ring is 1. The van der Waals surface area contributed by atoms with Gasteiger partial charge in [0.25, 0.3) is 0 Å². The van der Waals surface area contributed by atoms with Gasteiger partial charge < -0.3 is 16.2 Å². The molecule has 5 rings (SSSR count). The first kappa shape index (κ1) is 19.5. The van der Waals surface area contributed by atoms with E-state index < -0.39 is 6.23 Å². The fourth-order valence-corrected chi connectivity index (χ4v) is 4.45. The Balaban J connectivity index is 1.43. The van der Waals surface area contributed by atoms with E-state index in [0.717, 1.165) is 30.5 Å². The lowest BCUT2D eigenvalue weighted by atomic mass is 10.0. The molecule has 1 saturated carbocycles. The van der Waals surface area contributed by atoms with Crippen LogP contribution in [-0.2, 0) is 6.42 Å². The van der Waals surface area contributed by atoms with Crippen molar-refractivity contribution in [3.63, 3.8) is 0 Å². The van der Waals surface area contributed by atoms with Crippen LogP contribution in [0.3, 0.4) is 0 Å². The van der Waals surface area contributed by atoms with Gasteiger partial charge in [0, 0.05) is 5.69 Å². The molecule has 1 fully saturated rings. The lowest BCUT2D eigenvalue weighted by Crippen LogP contribution is -2.13. The Bertz CT molecular complexity index is 1180. The zero-order valence-electron chi connectivity index (χ0n) is 17.3. The quantitative estimate of drug-likeness (QED) is 0.408. The van der Waals surface area contributed by atoms with Crippen LogP contribution in [0.4, 0.5) is 11.5 Å². The summed E-state index contributed by atoms with van der Waals surface area (Å²) in [6.07, 6.45) is 5.74. The molecule has 4 N–H and O–H groups in total. The van der Waals surface area contributed by atoms with Gasteiger partial charge in [-0.15, -0.1) is 0 Å². The number of nitrogens with two attached hydrogens (primary N) is 1. The van der Waals surface area contributed by atoms with Crippen molar-refractivity contribution < 1.29 is 5.11 Å². The van der Waals surface area contributed by atoms with Crippen LogP contribution in [-0.4, -0.2) is 24.9 Å². The summed E-state index contributed by atoms with van der Waals surface area (Å²) in [6.45, 7) is 0. The van der Waals surface area contributed by atoms with Crippen LogP contribution < -0.4 is 11.1 Å². The van der Waals surface area contributed by atoms with Crippen molar-refractivity contribution in [2.24, 2.45) is 0 Å². The highest BCUT2D eigenvalue weighted by atomic mass is 16.3. The number of nitrogens with one attached hydrogen (secondary N) is 1. The van der Waals surface area contributed by atoms with E-state index in [-0.39, 0.29) is 6.04 Å². The van der Waals surface area contributed by atoms with E-state index in [1.807, 2.05) is 41.1 Å². The number of benzene rings is 2. The topological polar surface area (TPSA) is 102 Å². The Labute approximate surface area is 181 Å². The number of aromatic nitrogens is 4. The molecule has 2 aromatic heterocycles. The molecule has 0 aliphatic heterocycles. The third-order valence-electron chi connectivity index (χ3n) is 5.96. The molecule has 0 spiro atoms. The molecule has 0 radical (unpaired) electrons. The van der Waals surface area contributed by atoms with E-state index in [1.165, 1.54) is 24.7 Å². The molecule has 7 heteroatoms. The SMILES string of the molecule is Nc1ncnc2c1c(C(O)Nc1cccc(Cc3ccccc3)c1)nn2C1CCCC1. The third-order valence-corrected chi connectivity index (χ3v) is 5.96. The standard InChI is InChI=1S/C24H26N6O/c25-22-20-21(29-30(19-11-4-5-12-19)23(20)27-15-26-22)24(31)28-18-10-6-9-17(14-18)13-16-7-2-1-3-8-16/h1-3,6-10,14-15,19,24,28,31H,4-5,11-13H2,(H2,25,26,27). The molecule has 4 aromatic rings. The summed E-state index contributed by atoms with van der Waals surface area (Å²) in [7, 11) is 0. The summed E-state index contributed by atoms with van der Waals surface area (Å²) in [6, 6.07) is 18.7.